The number of hydrazine groups is 1. The Morgan fingerprint density at radius 3 is 2.35 bits per heavy atom. The third-order valence-electron chi connectivity index (χ3n) is 3.22. The van der Waals surface area contributed by atoms with Gasteiger partial charge in [0.2, 0.25) is 5.91 Å². The molecule has 1 heterocycles. The first-order valence-electron chi connectivity index (χ1n) is 6.75. The van der Waals surface area contributed by atoms with Crippen LogP contribution in [0.3, 0.4) is 0 Å². The minimum atomic E-state index is 0.0791. The molecule has 0 saturated heterocycles. The van der Waals surface area contributed by atoms with Crippen molar-refractivity contribution in [2.24, 2.45) is 5.84 Å². The lowest BCUT2D eigenvalue weighted by atomic mass is 10.3. The molecule has 112 valence electrons. The number of hydrogen-bond acceptors (Lipinski definition) is 6. The molecule has 1 amide bonds. The number of aryl methyl sites for hydroxylation is 1. The number of aromatic nitrogens is 2. The Labute approximate surface area is 120 Å². The Bertz CT molecular complexity index is 472. The van der Waals surface area contributed by atoms with Crippen LogP contribution in [0.5, 0.6) is 0 Å². The Morgan fingerprint density at radius 1 is 1.25 bits per heavy atom. The van der Waals surface area contributed by atoms with Gasteiger partial charge in [-0.3, -0.25) is 4.79 Å². The molecule has 0 unspecified atom stereocenters. The van der Waals surface area contributed by atoms with Gasteiger partial charge in [-0.15, -0.1) is 0 Å². The maximum absolute atomic E-state index is 12.1. The first kappa shape index (κ1) is 16.2. The van der Waals surface area contributed by atoms with Gasteiger partial charge in [0.1, 0.15) is 17.5 Å². The highest BCUT2D eigenvalue weighted by Gasteiger charge is 2.17. The molecule has 0 aliphatic carbocycles. The van der Waals surface area contributed by atoms with Gasteiger partial charge in [0.05, 0.1) is 6.54 Å². The number of anilines is 2. The molecular weight excluding hydrogens is 256 g/mol. The standard InChI is InChI=1S/C13H24N6O/c1-6-19(7-2)11(20)8-18(5)13-9(3)12(17-14)15-10(4)16-13/h6-8,14H2,1-5H3,(H,15,16,17). The highest BCUT2D eigenvalue weighted by molar-refractivity contribution is 5.81. The van der Waals surface area contributed by atoms with Crippen LogP contribution >= 0.6 is 0 Å². The Kier molecular flexibility index (Phi) is 5.69. The highest BCUT2D eigenvalue weighted by Crippen LogP contribution is 2.21. The normalized spacial score (nSPS) is 10.3. The summed E-state index contributed by atoms with van der Waals surface area (Å²) in [6.45, 7) is 9.31. The van der Waals surface area contributed by atoms with E-state index in [-0.39, 0.29) is 12.5 Å². The summed E-state index contributed by atoms with van der Waals surface area (Å²) < 4.78 is 0. The second-order valence-electron chi connectivity index (χ2n) is 4.63. The van der Waals surface area contributed by atoms with Crippen molar-refractivity contribution in [2.75, 3.05) is 37.0 Å². The zero-order valence-electron chi connectivity index (χ0n) is 12.9. The number of carbonyl (C=O) groups is 1. The van der Waals surface area contributed by atoms with Gasteiger partial charge in [-0.25, -0.2) is 15.8 Å². The van der Waals surface area contributed by atoms with Crippen LogP contribution in [0, 0.1) is 13.8 Å². The molecule has 0 atom stereocenters. The molecule has 1 rings (SSSR count). The molecular formula is C13H24N6O. The zero-order chi connectivity index (χ0) is 15.3. The summed E-state index contributed by atoms with van der Waals surface area (Å²) in [6.07, 6.45) is 0. The van der Waals surface area contributed by atoms with Crippen molar-refractivity contribution < 1.29 is 4.79 Å². The molecule has 0 radical (unpaired) electrons. The number of nitrogens with one attached hydrogen (secondary N) is 1. The van der Waals surface area contributed by atoms with Gasteiger partial charge in [-0.1, -0.05) is 0 Å². The van der Waals surface area contributed by atoms with Crippen LogP contribution in [0.15, 0.2) is 0 Å². The van der Waals surface area contributed by atoms with Crippen molar-refractivity contribution in [1.29, 1.82) is 0 Å². The van der Waals surface area contributed by atoms with Crippen molar-refractivity contribution in [1.82, 2.24) is 14.9 Å². The summed E-state index contributed by atoms with van der Waals surface area (Å²) >= 11 is 0. The van der Waals surface area contributed by atoms with E-state index in [9.17, 15) is 4.79 Å². The predicted molar refractivity (Wildman–Crippen MR) is 80.5 cm³/mol. The summed E-state index contributed by atoms with van der Waals surface area (Å²) in [7, 11) is 1.84. The number of carbonyl (C=O) groups excluding carboxylic acids is 1. The van der Waals surface area contributed by atoms with E-state index in [4.69, 9.17) is 5.84 Å². The first-order valence-corrected chi connectivity index (χ1v) is 6.75. The van der Waals surface area contributed by atoms with E-state index >= 15 is 0 Å². The SMILES string of the molecule is CCN(CC)C(=O)CN(C)c1nc(C)nc(NN)c1C. The third-order valence-corrected chi connectivity index (χ3v) is 3.22. The number of nitrogens with zero attached hydrogens (tertiary/aromatic N) is 4. The summed E-state index contributed by atoms with van der Waals surface area (Å²) in [5.74, 6) is 7.43. The third kappa shape index (κ3) is 3.57. The smallest absolute Gasteiger partial charge is 0.242 e. The minimum absolute atomic E-state index is 0.0791. The average Bonchev–Trinajstić information content (AvgIpc) is 2.42. The second-order valence-corrected chi connectivity index (χ2v) is 4.63. The Morgan fingerprint density at radius 2 is 1.85 bits per heavy atom. The maximum Gasteiger partial charge on any atom is 0.242 e. The van der Waals surface area contributed by atoms with E-state index in [0.29, 0.717) is 30.5 Å². The lowest BCUT2D eigenvalue weighted by Crippen LogP contribution is -2.39. The average molecular weight is 280 g/mol. The van der Waals surface area contributed by atoms with E-state index in [1.807, 2.05) is 32.7 Å². The molecule has 3 N–H and O–H groups in total. The lowest BCUT2D eigenvalue weighted by molar-refractivity contribution is -0.129. The van der Waals surface area contributed by atoms with Crippen LogP contribution < -0.4 is 16.2 Å². The maximum atomic E-state index is 12.1. The summed E-state index contributed by atoms with van der Waals surface area (Å²) in [6, 6.07) is 0. The molecule has 0 bridgehead atoms. The van der Waals surface area contributed by atoms with E-state index in [0.717, 1.165) is 5.56 Å². The van der Waals surface area contributed by atoms with Crippen LogP contribution in [0.2, 0.25) is 0 Å². The van der Waals surface area contributed by atoms with Crippen molar-refractivity contribution in [2.45, 2.75) is 27.7 Å². The molecule has 7 heteroatoms. The molecule has 1 aromatic rings. The lowest BCUT2D eigenvalue weighted by Gasteiger charge is -2.25. The van der Waals surface area contributed by atoms with Gasteiger partial charge in [-0.05, 0) is 27.7 Å². The van der Waals surface area contributed by atoms with Gasteiger partial charge >= 0.3 is 0 Å². The second kappa shape index (κ2) is 7.04. The fourth-order valence-electron chi connectivity index (χ4n) is 2.08. The van der Waals surface area contributed by atoms with Crippen molar-refractivity contribution in [3.8, 4) is 0 Å². The monoisotopic (exact) mass is 280 g/mol. The summed E-state index contributed by atoms with van der Waals surface area (Å²) in [5.41, 5.74) is 3.38. The molecule has 0 saturated carbocycles. The van der Waals surface area contributed by atoms with Gasteiger partial charge in [0, 0.05) is 25.7 Å². The quantitative estimate of drug-likeness (QED) is 0.588. The first-order chi connectivity index (χ1) is 9.44. The largest absolute Gasteiger partial charge is 0.350 e. The number of amides is 1. The van der Waals surface area contributed by atoms with Crippen molar-refractivity contribution in [3.63, 3.8) is 0 Å². The number of hydrogen-bond donors (Lipinski definition) is 2. The Balaban J connectivity index is 2.95. The molecule has 7 nitrogen and oxygen atoms in total. The summed E-state index contributed by atoms with van der Waals surface area (Å²) in [4.78, 5) is 24.4. The molecule has 0 spiro atoms. The van der Waals surface area contributed by atoms with Crippen LogP contribution in [0.4, 0.5) is 11.6 Å². The topological polar surface area (TPSA) is 87.4 Å². The van der Waals surface area contributed by atoms with Gasteiger partial charge < -0.3 is 15.2 Å². The van der Waals surface area contributed by atoms with Crippen LogP contribution in [-0.2, 0) is 4.79 Å². The van der Waals surface area contributed by atoms with Crippen LogP contribution in [0.1, 0.15) is 25.2 Å². The molecule has 1 aromatic heterocycles. The van der Waals surface area contributed by atoms with Crippen molar-refractivity contribution in [3.05, 3.63) is 11.4 Å². The molecule has 0 aliphatic heterocycles. The molecule has 0 aromatic carbocycles. The van der Waals surface area contributed by atoms with E-state index in [1.54, 1.807) is 11.8 Å². The minimum Gasteiger partial charge on any atom is -0.350 e. The zero-order valence-corrected chi connectivity index (χ0v) is 12.9. The molecule has 0 aliphatic rings. The number of rotatable bonds is 6. The van der Waals surface area contributed by atoms with Gasteiger partial charge in [0.15, 0.2) is 0 Å². The molecule has 0 fully saturated rings. The molecule has 20 heavy (non-hydrogen) atoms. The van der Waals surface area contributed by atoms with E-state index in [2.05, 4.69) is 15.4 Å². The van der Waals surface area contributed by atoms with Crippen molar-refractivity contribution >= 4 is 17.5 Å². The van der Waals surface area contributed by atoms with Crippen LogP contribution in [-0.4, -0.2) is 47.5 Å². The van der Waals surface area contributed by atoms with Gasteiger partial charge in [-0.2, -0.15) is 0 Å². The highest BCUT2D eigenvalue weighted by atomic mass is 16.2. The van der Waals surface area contributed by atoms with Gasteiger partial charge in [0.25, 0.3) is 0 Å². The van der Waals surface area contributed by atoms with E-state index in [1.165, 1.54) is 0 Å². The number of likely N-dealkylation sites (N-methyl/N-ethyl adjacent to an activating group) is 2. The number of nitrogen functional groups attached to an aromatic ring is 1. The van der Waals surface area contributed by atoms with E-state index < -0.39 is 0 Å². The fraction of sp³-hybridized carbons (Fsp3) is 0.615. The van der Waals surface area contributed by atoms with Crippen LogP contribution in [0.25, 0.3) is 0 Å². The predicted octanol–water partition coefficient (Wildman–Crippen LogP) is 0.684. The Hall–Kier alpha value is -1.89. The fourth-order valence-corrected chi connectivity index (χ4v) is 2.08. The summed E-state index contributed by atoms with van der Waals surface area (Å²) in [5, 5.41) is 0. The number of nitrogens with two attached hydrogens (primary N) is 1.